The number of hydrogen-bond acceptors (Lipinski definition) is 4. The summed E-state index contributed by atoms with van der Waals surface area (Å²) >= 11 is 0. The molecule has 1 amide bonds. The number of amides is 1. The zero-order valence-corrected chi connectivity index (χ0v) is 14.2. The molecule has 6 nitrogen and oxygen atoms in total. The van der Waals surface area contributed by atoms with E-state index in [0.717, 1.165) is 22.3 Å². The standard InChI is InChI=1S/C18H20N4O2/c1-12(14-7-5-6-8-17(14)24-4)21(2)18(23)13-9-10-15-16(11-13)22(3)20-19-15/h5-12H,1-4H3/t12-/m1/s1. The summed E-state index contributed by atoms with van der Waals surface area (Å²) in [4.78, 5) is 14.6. The molecule has 0 spiro atoms. The van der Waals surface area contributed by atoms with Crippen molar-refractivity contribution in [3.05, 3.63) is 53.6 Å². The number of carbonyl (C=O) groups excluding carboxylic acids is 1. The van der Waals surface area contributed by atoms with E-state index in [0.29, 0.717) is 5.56 Å². The lowest BCUT2D eigenvalue weighted by Crippen LogP contribution is -2.29. The van der Waals surface area contributed by atoms with Gasteiger partial charge in [0.2, 0.25) is 0 Å². The van der Waals surface area contributed by atoms with Crippen molar-refractivity contribution in [1.82, 2.24) is 19.9 Å². The lowest BCUT2D eigenvalue weighted by molar-refractivity contribution is 0.0741. The first-order valence-corrected chi connectivity index (χ1v) is 7.72. The predicted octanol–water partition coefficient (Wildman–Crippen LogP) is 2.81. The summed E-state index contributed by atoms with van der Waals surface area (Å²) in [5.41, 5.74) is 3.19. The molecule has 3 rings (SSSR count). The van der Waals surface area contributed by atoms with Crippen LogP contribution in [0.15, 0.2) is 42.5 Å². The summed E-state index contributed by atoms with van der Waals surface area (Å²) < 4.78 is 7.07. The minimum absolute atomic E-state index is 0.0588. The van der Waals surface area contributed by atoms with E-state index < -0.39 is 0 Å². The number of aromatic nitrogens is 3. The first kappa shape index (κ1) is 16.0. The lowest BCUT2D eigenvalue weighted by atomic mass is 10.0. The maximum Gasteiger partial charge on any atom is 0.254 e. The second-order valence-electron chi connectivity index (χ2n) is 5.75. The van der Waals surface area contributed by atoms with Gasteiger partial charge < -0.3 is 9.64 Å². The minimum atomic E-state index is -0.117. The molecule has 1 atom stereocenters. The van der Waals surface area contributed by atoms with Crippen molar-refractivity contribution >= 4 is 16.9 Å². The minimum Gasteiger partial charge on any atom is -0.496 e. The highest BCUT2D eigenvalue weighted by molar-refractivity contribution is 5.97. The third kappa shape index (κ3) is 2.71. The van der Waals surface area contributed by atoms with E-state index in [9.17, 15) is 4.79 Å². The quantitative estimate of drug-likeness (QED) is 0.740. The van der Waals surface area contributed by atoms with Crippen molar-refractivity contribution in [2.24, 2.45) is 7.05 Å². The molecule has 0 aliphatic heterocycles. The molecular formula is C18H20N4O2. The van der Waals surface area contributed by atoms with E-state index in [1.807, 2.05) is 50.4 Å². The molecule has 0 aliphatic rings. The van der Waals surface area contributed by atoms with Crippen molar-refractivity contribution in [2.75, 3.05) is 14.2 Å². The topological polar surface area (TPSA) is 60.2 Å². The van der Waals surface area contributed by atoms with Gasteiger partial charge in [0.05, 0.1) is 18.7 Å². The fraction of sp³-hybridized carbons (Fsp3) is 0.278. The molecule has 0 unspecified atom stereocenters. The summed E-state index contributed by atoms with van der Waals surface area (Å²) in [5, 5.41) is 8.01. The van der Waals surface area contributed by atoms with Crippen molar-refractivity contribution in [1.29, 1.82) is 0 Å². The van der Waals surface area contributed by atoms with Gasteiger partial charge in [0, 0.05) is 25.2 Å². The van der Waals surface area contributed by atoms with Crippen LogP contribution in [0.5, 0.6) is 5.75 Å². The largest absolute Gasteiger partial charge is 0.496 e. The molecule has 0 fully saturated rings. The van der Waals surface area contributed by atoms with Crippen LogP contribution in [0, 0.1) is 0 Å². The number of hydrogen-bond donors (Lipinski definition) is 0. The molecule has 0 saturated carbocycles. The summed E-state index contributed by atoms with van der Waals surface area (Å²) in [5.74, 6) is 0.715. The van der Waals surface area contributed by atoms with Crippen LogP contribution in [0.3, 0.4) is 0 Å². The van der Waals surface area contributed by atoms with E-state index in [1.54, 1.807) is 29.8 Å². The summed E-state index contributed by atoms with van der Waals surface area (Å²) in [6, 6.07) is 13.0. The van der Waals surface area contributed by atoms with Crippen LogP contribution in [0.1, 0.15) is 28.9 Å². The highest BCUT2D eigenvalue weighted by Gasteiger charge is 2.22. The summed E-state index contributed by atoms with van der Waals surface area (Å²) in [6.45, 7) is 1.99. The normalized spacial score (nSPS) is 12.2. The van der Waals surface area contributed by atoms with Crippen molar-refractivity contribution in [3.8, 4) is 5.75 Å². The fourth-order valence-corrected chi connectivity index (χ4v) is 2.76. The average molecular weight is 324 g/mol. The van der Waals surface area contributed by atoms with Gasteiger partial charge in [-0.15, -0.1) is 5.10 Å². The highest BCUT2D eigenvalue weighted by atomic mass is 16.5. The van der Waals surface area contributed by atoms with Gasteiger partial charge in [0.1, 0.15) is 11.3 Å². The second-order valence-corrected chi connectivity index (χ2v) is 5.75. The van der Waals surface area contributed by atoms with E-state index in [1.165, 1.54) is 0 Å². The molecule has 0 N–H and O–H groups in total. The fourth-order valence-electron chi connectivity index (χ4n) is 2.76. The van der Waals surface area contributed by atoms with E-state index in [-0.39, 0.29) is 11.9 Å². The molecule has 0 saturated heterocycles. The molecular weight excluding hydrogens is 304 g/mol. The predicted molar refractivity (Wildman–Crippen MR) is 92.0 cm³/mol. The number of methoxy groups -OCH3 is 1. The van der Waals surface area contributed by atoms with Crippen LogP contribution < -0.4 is 4.74 Å². The molecule has 6 heteroatoms. The Kier molecular flexibility index (Phi) is 4.20. The molecule has 0 radical (unpaired) electrons. The highest BCUT2D eigenvalue weighted by Crippen LogP contribution is 2.29. The Morgan fingerprint density at radius 2 is 2.00 bits per heavy atom. The molecule has 0 aliphatic carbocycles. The van der Waals surface area contributed by atoms with Crippen LogP contribution in [0.25, 0.3) is 11.0 Å². The van der Waals surface area contributed by atoms with Gasteiger partial charge in [0.15, 0.2) is 0 Å². The maximum absolute atomic E-state index is 12.9. The molecule has 0 bridgehead atoms. The third-order valence-electron chi connectivity index (χ3n) is 4.35. The molecule has 24 heavy (non-hydrogen) atoms. The summed E-state index contributed by atoms with van der Waals surface area (Å²) in [7, 11) is 5.24. The van der Waals surface area contributed by atoms with Crippen LogP contribution >= 0.6 is 0 Å². The van der Waals surface area contributed by atoms with Crippen LogP contribution in [-0.4, -0.2) is 40.0 Å². The van der Waals surface area contributed by atoms with Crippen molar-refractivity contribution in [2.45, 2.75) is 13.0 Å². The van der Waals surface area contributed by atoms with Crippen molar-refractivity contribution in [3.63, 3.8) is 0 Å². The Morgan fingerprint density at radius 1 is 1.25 bits per heavy atom. The molecule has 2 aromatic carbocycles. The zero-order chi connectivity index (χ0) is 17.3. The number of para-hydroxylation sites is 1. The van der Waals surface area contributed by atoms with Gasteiger partial charge in [0.25, 0.3) is 5.91 Å². The molecule has 1 heterocycles. The number of nitrogens with zero attached hydrogens (tertiary/aromatic N) is 4. The Balaban J connectivity index is 1.91. The second kappa shape index (κ2) is 6.31. The van der Waals surface area contributed by atoms with Crippen LogP contribution in [-0.2, 0) is 7.05 Å². The van der Waals surface area contributed by atoms with Gasteiger partial charge in [-0.25, -0.2) is 4.68 Å². The average Bonchev–Trinajstić information content (AvgIpc) is 3.00. The van der Waals surface area contributed by atoms with Crippen molar-refractivity contribution < 1.29 is 9.53 Å². The molecule has 124 valence electrons. The first-order valence-electron chi connectivity index (χ1n) is 7.72. The van der Waals surface area contributed by atoms with Gasteiger partial charge in [-0.05, 0) is 31.2 Å². The molecule has 3 aromatic rings. The van der Waals surface area contributed by atoms with Gasteiger partial charge >= 0.3 is 0 Å². The van der Waals surface area contributed by atoms with E-state index in [2.05, 4.69) is 10.3 Å². The zero-order valence-electron chi connectivity index (χ0n) is 14.2. The monoisotopic (exact) mass is 324 g/mol. The Bertz CT molecular complexity index is 888. The molecule has 1 aromatic heterocycles. The third-order valence-corrected chi connectivity index (χ3v) is 4.35. The number of benzene rings is 2. The van der Waals surface area contributed by atoms with Crippen LogP contribution in [0.4, 0.5) is 0 Å². The van der Waals surface area contributed by atoms with E-state index >= 15 is 0 Å². The van der Waals surface area contributed by atoms with Gasteiger partial charge in [-0.2, -0.15) is 0 Å². The number of fused-ring (bicyclic) bond motifs is 1. The Morgan fingerprint density at radius 3 is 2.75 bits per heavy atom. The first-order chi connectivity index (χ1) is 11.5. The van der Waals surface area contributed by atoms with E-state index in [4.69, 9.17) is 4.74 Å². The Labute approximate surface area is 140 Å². The number of carbonyl (C=O) groups is 1. The number of rotatable bonds is 4. The van der Waals surface area contributed by atoms with Gasteiger partial charge in [-0.1, -0.05) is 23.4 Å². The number of aryl methyl sites for hydroxylation is 1. The van der Waals surface area contributed by atoms with Crippen LogP contribution in [0.2, 0.25) is 0 Å². The Hall–Kier alpha value is -2.89. The summed E-state index contributed by atoms with van der Waals surface area (Å²) in [6.07, 6.45) is 0. The number of ether oxygens (including phenoxy) is 1. The smallest absolute Gasteiger partial charge is 0.254 e. The lowest BCUT2D eigenvalue weighted by Gasteiger charge is -2.26. The maximum atomic E-state index is 12.9. The van der Waals surface area contributed by atoms with Gasteiger partial charge in [-0.3, -0.25) is 4.79 Å². The SMILES string of the molecule is COc1ccccc1[C@@H](C)N(C)C(=O)c1ccc2nnn(C)c2c1.